The van der Waals surface area contributed by atoms with E-state index in [1.54, 1.807) is 0 Å². The maximum Gasteiger partial charge on any atom is 0.123 e. The molecule has 0 amide bonds. The van der Waals surface area contributed by atoms with Crippen molar-refractivity contribution >= 4 is 0 Å². The minimum Gasteiger partial charge on any atom is -0.507 e. The van der Waals surface area contributed by atoms with E-state index in [0.29, 0.717) is 12.2 Å². The Morgan fingerprint density at radius 1 is 1.00 bits per heavy atom. The van der Waals surface area contributed by atoms with Crippen molar-refractivity contribution in [1.82, 2.24) is 0 Å². The lowest BCUT2D eigenvalue weighted by atomic mass is 9.77. The van der Waals surface area contributed by atoms with Crippen molar-refractivity contribution in [1.29, 1.82) is 0 Å². The third-order valence-corrected chi connectivity index (χ3v) is 3.85. The van der Waals surface area contributed by atoms with E-state index in [2.05, 4.69) is 41.5 Å². The number of aromatic hydroxyl groups is 1. The average Bonchev–Trinajstić information content (AvgIpc) is 2.33. The quantitative estimate of drug-likeness (QED) is 0.792. The van der Waals surface area contributed by atoms with Gasteiger partial charge in [-0.05, 0) is 40.4 Å². The average molecular weight is 293 g/mol. The van der Waals surface area contributed by atoms with Crippen molar-refractivity contribution in [2.45, 2.75) is 71.3 Å². The van der Waals surface area contributed by atoms with Crippen LogP contribution in [0.4, 0.5) is 0 Å². The highest BCUT2D eigenvalue weighted by Gasteiger charge is 2.27. The monoisotopic (exact) mass is 293 g/mol. The summed E-state index contributed by atoms with van der Waals surface area (Å²) in [6.07, 6.45) is 1.44. The second kappa shape index (κ2) is 6.37. The molecule has 1 aromatic rings. The predicted octanol–water partition coefficient (Wildman–Crippen LogP) is 3.76. The molecule has 0 unspecified atom stereocenters. The van der Waals surface area contributed by atoms with E-state index in [-0.39, 0.29) is 23.5 Å². The molecule has 1 rings (SSSR count). The molecule has 0 heterocycles. The van der Waals surface area contributed by atoms with E-state index in [1.165, 1.54) is 0 Å². The van der Waals surface area contributed by atoms with Crippen molar-refractivity contribution in [3.05, 3.63) is 28.8 Å². The minimum absolute atomic E-state index is 0.111. The summed E-state index contributed by atoms with van der Waals surface area (Å²) in [7, 11) is 0. The van der Waals surface area contributed by atoms with Crippen LogP contribution >= 0.6 is 0 Å². The summed E-state index contributed by atoms with van der Waals surface area (Å²) in [5, 5.41) is 19.6. The minimum atomic E-state index is -0.142. The van der Waals surface area contributed by atoms with Crippen LogP contribution in [-0.4, -0.2) is 16.8 Å². The maximum atomic E-state index is 10.7. The van der Waals surface area contributed by atoms with Crippen molar-refractivity contribution < 1.29 is 10.2 Å². The van der Waals surface area contributed by atoms with Crippen LogP contribution in [0, 0.1) is 0 Å². The van der Waals surface area contributed by atoms with Gasteiger partial charge in [0.25, 0.3) is 0 Å². The van der Waals surface area contributed by atoms with Gasteiger partial charge in [-0.3, -0.25) is 0 Å². The molecular formula is C18H31NO2. The van der Waals surface area contributed by atoms with Crippen LogP contribution in [0.15, 0.2) is 12.1 Å². The van der Waals surface area contributed by atoms with Crippen LogP contribution in [0.25, 0.3) is 0 Å². The lowest BCUT2D eigenvalue weighted by molar-refractivity contribution is 0.280. The molecule has 0 saturated heterocycles. The van der Waals surface area contributed by atoms with Gasteiger partial charge in [0.05, 0.1) is 0 Å². The van der Waals surface area contributed by atoms with Crippen LogP contribution in [0.1, 0.15) is 77.1 Å². The highest BCUT2D eigenvalue weighted by Crippen LogP contribution is 2.40. The zero-order valence-electron chi connectivity index (χ0n) is 14.3. The molecule has 3 nitrogen and oxygen atoms in total. The largest absolute Gasteiger partial charge is 0.507 e. The number of nitrogens with two attached hydrogens (primary N) is 1. The first-order chi connectivity index (χ1) is 9.48. The molecule has 0 aliphatic heterocycles. The van der Waals surface area contributed by atoms with Gasteiger partial charge in [-0.2, -0.15) is 0 Å². The smallest absolute Gasteiger partial charge is 0.123 e. The molecule has 0 radical (unpaired) electrons. The van der Waals surface area contributed by atoms with Gasteiger partial charge < -0.3 is 15.9 Å². The molecule has 1 atom stereocenters. The van der Waals surface area contributed by atoms with Gasteiger partial charge in [0.15, 0.2) is 0 Å². The van der Waals surface area contributed by atoms with Gasteiger partial charge in [-0.25, -0.2) is 0 Å². The van der Waals surface area contributed by atoms with Gasteiger partial charge in [0, 0.05) is 12.6 Å². The Kier molecular flexibility index (Phi) is 5.46. The molecule has 0 spiro atoms. The summed E-state index contributed by atoms with van der Waals surface area (Å²) in [5.41, 5.74) is 8.89. The second-order valence-electron chi connectivity index (χ2n) is 7.94. The zero-order valence-corrected chi connectivity index (χ0v) is 14.3. The van der Waals surface area contributed by atoms with E-state index in [0.717, 1.165) is 23.1 Å². The second-order valence-corrected chi connectivity index (χ2v) is 7.94. The van der Waals surface area contributed by atoms with Crippen LogP contribution in [-0.2, 0) is 10.8 Å². The van der Waals surface area contributed by atoms with Crippen molar-refractivity contribution in [3.8, 4) is 5.75 Å². The van der Waals surface area contributed by atoms with Crippen LogP contribution in [0.5, 0.6) is 5.75 Å². The van der Waals surface area contributed by atoms with Gasteiger partial charge in [-0.15, -0.1) is 0 Å². The summed E-state index contributed by atoms with van der Waals surface area (Å²) < 4.78 is 0. The normalized spacial score (nSPS) is 14.3. The number of hydrogen-bond donors (Lipinski definition) is 3. The van der Waals surface area contributed by atoms with Gasteiger partial charge in [-0.1, -0.05) is 53.7 Å². The van der Waals surface area contributed by atoms with E-state index in [4.69, 9.17) is 10.8 Å². The Labute approximate surface area is 129 Å². The number of aliphatic hydroxyl groups excluding tert-OH is 1. The van der Waals surface area contributed by atoms with E-state index >= 15 is 0 Å². The lowest BCUT2D eigenvalue weighted by Crippen LogP contribution is -2.20. The fraction of sp³-hybridized carbons (Fsp3) is 0.667. The summed E-state index contributed by atoms with van der Waals surface area (Å²) in [4.78, 5) is 0. The predicted molar refractivity (Wildman–Crippen MR) is 88.8 cm³/mol. The molecular weight excluding hydrogens is 262 g/mol. The molecule has 0 aliphatic carbocycles. The highest BCUT2D eigenvalue weighted by molar-refractivity contribution is 5.50. The topological polar surface area (TPSA) is 66.5 Å². The van der Waals surface area contributed by atoms with Gasteiger partial charge >= 0.3 is 0 Å². The molecule has 0 saturated carbocycles. The summed E-state index contributed by atoms with van der Waals surface area (Å²) in [6.45, 7) is 12.7. The number of phenolic OH excluding ortho intramolecular Hbond substituents is 1. The van der Waals surface area contributed by atoms with Crippen LogP contribution < -0.4 is 5.73 Å². The number of hydrogen-bond acceptors (Lipinski definition) is 3. The first-order valence-electron chi connectivity index (χ1n) is 7.72. The van der Waals surface area contributed by atoms with Crippen LogP contribution in [0.3, 0.4) is 0 Å². The molecule has 3 heteroatoms. The molecule has 4 N–H and O–H groups in total. The Morgan fingerprint density at radius 2 is 1.43 bits per heavy atom. The number of phenols is 1. The Balaban J connectivity index is 3.40. The first-order valence-corrected chi connectivity index (χ1v) is 7.72. The summed E-state index contributed by atoms with van der Waals surface area (Å²) in [5.74, 6) is 0.383. The third kappa shape index (κ3) is 4.45. The SMILES string of the molecule is CC(C)(C)c1cc([C@@H](N)CCCO)cc(C(C)(C)C)c1O. The standard InChI is InChI=1S/C18H31NO2/c1-17(2,3)13-10-12(15(19)8-7-9-20)11-14(16(13)21)18(4,5)6/h10-11,15,20-21H,7-9,19H2,1-6H3/t15-/m0/s1. The van der Waals surface area contributed by atoms with E-state index in [9.17, 15) is 5.11 Å². The Hall–Kier alpha value is -1.06. The van der Waals surface area contributed by atoms with Crippen molar-refractivity contribution in [3.63, 3.8) is 0 Å². The zero-order chi connectivity index (χ0) is 16.4. The van der Waals surface area contributed by atoms with E-state index < -0.39 is 0 Å². The maximum absolute atomic E-state index is 10.7. The van der Waals surface area contributed by atoms with Crippen molar-refractivity contribution in [2.75, 3.05) is 6.61 Å². The molecule has 0 bridgehead atoms. The fourth-order valence-electron chi connectivity index (χ4n) is 2.49. The van der Waals surface area contributed by atoms with Crippen molar-refractivity contribution in [2.24, 2.45) is 5.73 Å². The molecule has 120 valence electrons. The first kappa shape index (κ1) is 18.0. The molecule has 0 aromatic heterocycles. The molecule has 0 fully saturated rings. The van der Waals surface area contributed by atoms with E-state index in [1.807, 2.05) is 12.1 Å². The summed E-state index contributed by atoms with van der Waals surface area (Å²) >= 11 is 0. The van der Waals surface area contributed by atoms with Gasteiger partial charge in [0.1, 0.15) is 5.75 Å². The number of benzene rings is 1. The molecule has 1 aromatic carbocycles. The number of aliphatic hydroxyl groups is 1. The molecule has 0 aliphatic rings. The molecule has 21 heavy (non-hydrogen) atoms. The fourth-order valence-corrected chi connectivity index (χ4v) is 2.49. The third-order valence-electron chi connectivity index (χ3n) is 3.85. The Bertz CT molecular complexity index is 446. The number of rotatable bonds is 4. The van der Waals surface area contributed by atoms with Gasteiger partial charge in [0.2, 0.25) is 0 Å². The van der Waals surface area contributed by atoms with Crippen LogP contribution in [0.2, 0.25) is 0 Å². The highest BCUT2D eigenvalue weighted by atomic mass is 16.3. The Morgan fingerprint density at radius 3 is 1.76 bits per heavy atom. The summed E-state index contributed by atoms with van der Waals surface area (Å²) in [6, 6.07) is 3.93. The lowest BCUT2D eigenvalue weighted by Gasteiger charge is -2.29.